The molecule has 2 aliphatic heterocycles. The standard InChI is InChI=1S/C10H13N2OS/c13-10-5-4-6-11(10)9-12-7-2-1-3-8-14-12/h1-3,7-8H,4-6,9H2/q+1. The van der Waals surface area contributed by atoms with Crippen LogP contribution in [0.4, 0.5) is 0 Å². The second-order valence-corrected chi connectivity index (χ2v) is 4.24. The molecule has 0 spiro atoms. The van der Waals surface area contributed by atoms with Gasteiger partial charge >= 0.3 is 0 Å². The number of allylic oxidation sites excluding steroid dienone is 3. The second-order valence-electron chi connectivity index (χ2n) is 3.29. The third-order valence-corrected chi connectivity index (χ3v) is 3.02. The fourth-order valence-corrected chi connectivity index (χ4v) is 2.17. The van der Waals surface area contributed by atoms with E-state index in [4.69, 9.17) is 0 Å². The molecule has 0 saturated carbocycles. The summed E-state index contributed by atoms with van der Waals surface area (Å²) in [4.78, 5) is 13.3. The monoisotopic (exact) mass is 209 g/mol. The van der Waals surface area contributed by atoms with Crippen molar-refractivity contribution in [2.45, 2.75) is 12.8 Å². The molecular formula is C10H13N2OS+. The normalized spacial score (nSPS) is 21.3. The fraction of sp³-hybridized carbons (Fsp3) is 0.400. The van der Waals surface area contributed by atoms with Gasteiger partial charge in [0.2, 0.25) is 12.6 Å². The van der Waals surface area contributed by atoms with E-state index in [1.165, 1.54) is 0 Å². The maximum atomic E-state index is 11.4. The van der Waals surface area contributed by atoms with Crippen LogP contribution in [-0.2, 0) is 4.79 Å². The predicted octanol–water partition coefficient (Wildman–Crippen LogP) is 1.38. The molecule has 0 N–H and O–H groups in total. The first-order chi connectivity index (χ1) is 6.86. The highest BCUT2D eigenvalue weighted by Crippen LogP contribution is 2.13. The molecule has 1 saturated heterocycles. The summed E-state index contributed by atoms with van der Waals surface area (Å²) in [7, 11) is 0. The first-order valence-electron chi connectivity index (χ1n) is 4.74. The summed E-state index contributed by atoms with van der Waals surface area (Å²) in [6, 6.07) is 0. The average Bonchev–Trinajstić information content (AvgIpc) is 2.44. The topological polar surface area (TPSA) is 23.3 Å². The van der Waals surface area contributed by atoms with Crippen molar-refractivity contribution in [2.75, 3.05) is 13.2 Å². The number of hydrogen-bond acceptors (Lipinski definition) is 2. The van der Waals surface area contributed by atoms with E-state index in [1.54, 1.807) is 11.9 Å². The highest BCUT2D eigenvalue weighted by Gasteiger charge is 2.24. The number of likely N-dealkylation sites (tertiary alicyclic amines) is 1. The minimum atomic E-state index is 0.274. The lowest BCUT2D eigenvalue weighted by Crippen LogP contribution is -2.30. The van der Waals surface area contributed by atoms with Gasteiger partial charge in [0, 0.05) is 24.4 Å². The number of hydrogen-bond donors (Lipinski definition) is 0. The van der Waals surface area contributed by atoms with Crippen molar-refractivity contribution < 1.29 is 8.78 Å². The lowest BCUT2D eigenvalue weighted by Gasteiger charge is -2.10. The lowest BCUT2D eigenvalue weighted by atomic mass is 10.4. The van der Waals surface area contributed by atoms with Gasteiger partial charge in [-0.1, -0.05) is 6.08 Å². The second kappa shape index (κ2) is 4.46. The summed E-state index contributed by atoms with van der Waals surface area (Å²) in [5.74, 6) is 0.274. The summed E-state index contributed by atoms with van der Waals surface area (Å²) in [5.41, 5.74) is 0. The Morgan fingerprint density at radius 1 is 1.43 bits per heavy atom. The molecule has 14 heavy (non-hydrogen) atoms. The molecule has 0 atom stereocenters. The third kappa shape index (κ3) is 2.26. The molecule has 0 aromatic heterocycles. The molecule has 1 fully saturated rings. The van der Waals surface area contributed by atoms with Crippen molar-refractivity contribution >= 4 is 24.1 Å². The van der Waals surface area contributed by atoms with Crippen LogP contribution in [0.1, 0.15) is 12.8 Å². The van der Waals surface area contributed by atoms with E-state index in [-0.39, 0.29) is 5.91 Å². The zero-order valence-electron chi connectivity index (χ0n) is 7.93. The number of carbonyl (C=O) groups excluding carboxylic acids is 1. The molecule has 2 rings (SSSR count). The number of carbonyl (C=O) groups is 1. The summed E-state index contributed by atoms with van der Waals surface area (Å²) in [6.45, 7) is 1.59. The Kier molecular flexibility index (Phi) is 3.03. The van der Waals surface area contributed by atoms with Crippen molar-refractivity contribution in [1.82, 2.24) is 4.90 Å². The summed E-state index contributed by atoms with van der Waals surface area (Å²) < 4.78 is 2.06. The average molecular weight is 209 g/mol. The minimum absolute atomic E-state index is 0.274. The van der Waals surface area contributed by atoms with Crippen molar-refractivity contribution in [3.05, 3.63) is 23.6 Å². The first-order valence-corrected chi connectivity index (χ1v) is 5.58. The zero-order chi connectivity index (χ0) is 9.80. The molecule has 4 heteroatoms. The molecule has 0 aliphatic carbocycles. The fourth-order valence-electron chi connectivity index (χ4n) is 1.51. The van der Waals surface area contributed by atoms with Gasteiger partial charge in [0.25, 0.3) is 0 Å². The Balaban J connectivity index is 1.96. The van der Waals surface area contributed by atoms with Crippen LogP contribution in [0, 0.1) is 0 Å². The van der Waals surface area contributed by atoms with E-state index >= 15 is 0 Å². The minimum Gasteiger partial charge on any atom is -0.286 e. The molecule has 2 aliphatic rings. The lowest BCUT2D eigenvalue weighted by molar-refractivity contribution is -0.368. The van der Waals surface area contributed by atoms with Gasteiger partial charge in [0.05, 0.1) is 0 Å². The smallest absolute Gasteiger partial charge is 0.234 e. The SMILES string of the molecule is O=C1CCCN1C[N+]1=CC=CC=CS1. The number of nitrogens with zero attached hydrogens (tertiary/aromatic N) is 2. The van der Waals surface area contributed by atoms with Crippen LogP contribution in [-0.4, -0.2) is 34.2 Å². The van der Waals surface area contributed by atoms with E-state index in [2.05, 4.69) is 3.98 Å². The molecule has 0 aromatic carbocycles. The van der Waals surface area contributed by atoms with Gasteiger partial charge in [0.15, 0.2) is 18.2 Å². The Labute approximate surface area is 87.9 Å². The first kappa shape index (κ1) is 9.52. The molecule has 0 bridgehead atoms. The molecule has 2 heterocycles. The van der Waals surface area contributed by atoms with E-state index in [0.717, 1.165) is 13.0 Å². The Morgan fingerprint density at radius 2 is 2.36 bits per heavy atom. The highest BCUT2D eigenvalue weighted by molar-refractivity contribution is 7.96. The number of amides is 1. The molecule has 3 nitrogen and oxygen atoms in total. The van der Waals surface area contributed by atoms with Crippen molar-refractivity contribution in [2.24, 2.45) is 0 Å². The van der Waals surface area contributed by atoms with Gasteiger partial charge in [-0.15, -0.1) is 3.98 Å². The zero-order valence-corrected chi connectivity index (χ0v) is 8.74. The van der Waals surface area contributed by atoms with Gasteiger partial charge < -0.3 is 0 Å². The van der Waals surface area contributed by atoms with Crippen molar-refractivity contribution in [3.8, 4) is 0 Å². The van der Waals surface area contributed by atoms with Crippen LogP contribution < -0.4 is 0 Å². The van der Waals surface area contributed by atoms with Crippen LogP contribution in [0.3, 0.4) is 0 Å². The Morgan fingerprint density at radius 3 is 3.14 bits per heavy atom. The predicted molar refractivity (Wildman–Crippen MR) is 58.0 cm³/mol. The van der Waals surface area contributed by atoms with Gasteiger partial charge in [-0.3, -0.25) is 9.69 Å². The van der Waals surface area contributed by atoms with Crippen LogP contribution in [0.25, 0.3) is 0 Å². The molecule has 0 aromatic rings. The largest absolute Gasteiger partial charge is 0.286 e. The van der Waals surface area contributed by atoms with E-state index in [9.17, 15) is 4.79 Å². The van der Waals surface area contributed by atoms with Gasteiger partial charge in [-0.2, -0.15) is 0 Å². The van der Waals surface area contributed by atoms with Crippen LogP contribution in [0.5, 0.6) is 0 Å². The van der Waals surface area contributed by atoms with Gasteiger partial charge in [-0.05, 0) is 12.5 Å². The van der Waals surface area contributed by atoms with E-state index in [0.29, 0.717) is 13.1 Å². The third-order valence-electron chi connectivity index (χ3n) is 2.23. The van der Waals surface area contributed by atoms with Crippen molar-refractivity contribution in [1.29, 1.82) is 0 Å². The summed E-state index contributed by atoms with van der Waals surface area (Å²) in [5, 5.41) is 2.01. The highest BCUT2D eigenvalue weighted by atomic mass is 32.2. The van der Waals surface area contributed by atoms with Crippen molar-refractivity contribution in [3.63, 3.8) is 0 Å². The van der Waals surface area contributed by atoms with Gasteiger partial charge in [0.1, 0.15) is 0 Å². The molecular weight excluding hydrogens is 196 g/mol. The number of rotatable bonds is 2. The van der Waals surface area contributed by atoms with Gasteiger partial charge in [-0.25, -0.2) is 0 Å². The molecule has 0 unspecified atom stereocenters. The van der Waals surface area contributed by atoms with Crippen LogP contribution in [0.15, 0.2) is 23.6 Å². The Hall–Kier alpha value is -1.03. The Bertz CT molecular complexity index is 320. The van der Waals surface area contributed by atoms with Crippen LogP contribution >= 0.6 is 11.9 Å². The summed E-state index contributed by atoms with van der Waals surface area (Å²) in [6.07, 6.45) is 9.67. The molecule has 1 amide bonds. The molecule has 74 valence electrons. The van der Waals surface area contributed by atoms with Crippen LogP contribution in [0.2, 0.25) is 0 Å². The molecule has 0 radical (unpaired) electrons. The van der Waals surface area contributed by atoms with E-state index < -0.39 is 0 Å². The maximum Gasteiger partial charge on any atom is 0.234 e. The summed E-state index contributed by atoms with van der Waals surface area (Å²) >= 11 is 1.61. The van der Waals surface area contributed by atoms with E-state index in [1.807, 2.05) is 34.8 Å². The quantitative estimate of drug-likeness (QED) is 0.506. The maximum absolute atomic E-state index is 11.4.